The van der Waals surface area contributed by atoms with Gasteiger partial charge in [0.05, 0.1) is 13.7 Å². The van der Waals surface area contributed by atoms with Crippen LogP contribution in [0.2, 0.25) is 0 Å². The van der Waals surface area contributed by atoms with E-state index >= 15 is 0 Å². The van der Waals surface area contributed by atoms with Gasteiger partial charge in [-0.1, -0.05) is 18.9 Å². The van der Waals surface area contributed by atoms with E-state index in [1.807, 2.05) is 13.1 Å². The molecule has 1 aliphatic carbocycles. The van der Waals surface area contributed by atoms with E-state index in [0.717, 1.165) is 30.6 Å². The number of ether oxygens (including phenoxy) is 2. The van der Waals surface area contributed by atoms with Crippen LogP contribution in [0, 0.1) is 5.92 Å². The number of hydrogen-bond acceptors (Lipinski definition) is 3. The molecule has 100 valence electrons. The van der Waals surface area contributed by atoms with Crippen molar-refractivity contribution >= 4 is 0 Å². The Bertz CT molecular complexity index is 373. The van der Waals surface area contributed by atoms with E-state index in [9.17, 15) is 0 Å². The molecule has 1 N–H and O–H groups in total. The fourth-order valence-electron chi connectivity index (χ4n) is 2.53. The van der Waals surface area contributed by atoms with Crippen LogP contribution in [0.4, 0.5) is 0 Å². The topological polar surface area (TPSA) is 30.5 Å². The Kier molecular flexibility index (Phi) is 4.88. The highest BCUT2D eigenvalue weighted by molar-refractivity contribution is 5.42. The molecule has 1 saturated carbocycles. The molecule has 2 rings (SSSR count). The number of benzene rings is 1. The molecule has 1 fully saturated rings. The summed E-state index contributed by atoms with van der Waals surface area (Å²) in [4.78, 5) is 0. The minimum atomic E-state index is 0.725. The number of rotatable bonds is 6. The van der Waals surface area contributed by atoms with E-state index in [2.05, 4.69) is 17.4 Å². The van der Waals surface area contributed by atoms with E-state index in [0.29, 0.717) is 0 Å². The lowest BCUT2D eigenvalue weighted by Crippen LogP contribution is -2.10. The van der Waals surface area contributed by atoms with Crippen LogP contribution in [0.5, 0.6) is 11.5 Å². The standard InChI is InChI=1S/C15H23NO2/c1-16-10-13-7-8-14(17-2)15(9-13)18-11-12-5-3-4-6-12/h7-9,12,16H,3-6,10-11H2,1-2H3. The number of nitrogens with one attached hydrogen (secondary N) is 1. The van der Waals surface area contributed by atoms with Gasteiger partial charge in [-0.15, -0.1) is 0 Å². The fourth-order valence-corrected chi connectivity index (χ4v) is 2.53. The lowest BCUT2D eigenvalue weighted by molar-refractivity contribution is 0.240. The quantitative estimate of drug-likeness (QED) is 0.840. The molecule has 1 aromatic rings. The Hall–Kier alpha value is -1.22. The van der Waals surface area contributed by atoms with Gasteiger partial charge < -0.3 is 14.8 Å². The maximum atomic E-state index is 5.95. The second-order valence-corrected chi connectivity index (χ2v) is 4.98. The van der Waals surface area contributed by atoms with Crippen LogP contribution in [-0.2, 0) is 6.54 Å². The van der Waals surface area contributed by atoms with Gasteiger partial charge in [-0.05, 0) is 43.5 Å². The van der Waals surface area contributed by atoms with Crippen molar-refractivity contribution < 1.29 is 9.47 Å². The molecule has 0 spiro atoms. The summed E-state index contributed by atoms with van der Waals surface area (Å²) in [7, 11) is 3.64. The summed E-state index contributed by atoms with van der Waals surface area (Å²) in [5.41, 5.74) is 1.22. The predicted octanol–water partition coefficient (Wildman–Crippen LogP) is 2.98. The van der Waals surface area contributed by atoms with Crippen molar-refractivity contribution in [3.63, 3.8) is 0 Å². The van der Waals surface area contributed by atoms with Gasteiger partial charge in [-0.3, -0.25) is 0 Å². The van der Waals surface area contributed by atoms with Crippen molar-refractivity contribution in [2.45, 2.75) is 32.2 Å². The van der Waals surface area contributed by atoms with Crippen LogP contribution in [-0.4, -0.2) is 20.8 Å². The SMILES string of the molecule is CNCc1ccc(OC)c(OCC2CCCC2)c1. The summed E-state index contributed by atoms with van der Waals surface area (Å²) in [6.07, 6.45) is 5.31. The lowest BCUT2D eigenvalue weighted by Gasteiger charge is -2.15. The zero-order chi connectivity index (χ0) is 12.8. The Morgan fingerprint density at radius 2 is 2.00 bits per heavy atom. The van der Waals surface area contributed by atoms with Gasteiger partial charge in [0.25, 0.3) is 0 Å². The summed E-state index contributed by atoms with van der Waals surface area (Å²) >= 11 is 0. The van der Waals surface area contributed by atoms with E-state index in [1.54, 1.807) is 7.11 Å². The van der Waals surface area contributed by atoms with Crippen molar-refractivity contribution in [1.29, 1.82) is 0 Å². The Balaban J connectivity index is 2.00. The van der Waals surface area contributed by atoms with Gasteiger partial charge in [0.1, 0.15) is 0 Å². The average Bonchev–Trinajstić information content (AvgIpc) is 2.90. The van der Waals surface area contributed by atoms with Crippen LogP contribution in [0.25, 0.3) is 0 Å². The normalized spacial score (nSPS) is 15.9. The monoisotopic (exact) mass is 249 g/mol. The van der Waals surface area contributed by atoms with Crippen LogP contribution in [0.15, 0.2) is 18.2 Å². The first-order valence-corrected chi connectivity index (χ1v) is 6.78. The molecule has 0 atom stereocenters. The van der Waals surface area contributed by atoms with E-state index in [4.69, 9.17) is 9.47 Å². The molecular formula is C15H23NO2. The molecule has 0 bridgehead atoms. The highest BCUT2D eigenvalue weighted by atomic mass is 16.5. The van der Waals surface area contributed by atoms with Crippen molar-refractivity contribution in [3.8, 4) is 11.5 Å². The molecule has 3 nitrogen and oxygen atoms in total. The Morgan fingerprint density at radius 1 is 1.22 bits per heavy atom. The molecule has 0 saturated heterocycles. The molecule has 3 heteroatoms. The molecule has 0 aromatic heterocycles. The second kappa shape index (κ2) is 6.64. The molecule has 0 radical (unpaired) electrons. The second-order valence-electron chi connectivity index (χ2n) is 4.98. The van der Waals surface area contributed by atoms with E-state index in [1.165, 1.54) is 31.2 Å². The van der Waals surface area contributed by atoms with Gasteiger partial charge in [-0.25, -0.2) is 0 Å². The Morgan fingerprint density at radius 3 is 2.67 bits per heavy atom. The molecule has 0 amide bonds. The van der Waals surface area contributed by atoms with Crippen LogP contribution in [0.1, 0.15) is 31.2 Å². The highest BCUT2D eigenvalue weighted by Crippen LogP contribution is 2.31. The van der Waals surface area contributed by atoms with E-state index < -0.39 is 0 Å². The minimum Gasteiger partial charge on any atom is -0.493 e. The van der Waals surface area contributed by atoms with Gasteiger partial charge in [0.15, 0.2) is 11.5 Å². The summed E-state index contributed by atoms with van der Waals surface area (Å²) in [5.74, 6) is 2.42. The van der Waals surface area contributed by atoms with Crippen LogP contribution < -0.4 is 14.8 Å². The first-order valence-electron chi connectivity index (χ1n) is 6.78. The molecule has 0 aliphatic heterocycles. The van der Waals surface area contributed by atoms with Crippen molar-refractivity contribution in [1.82, 2.24) is 5.32 Å². The van der Waals surface area contributed by atoms with Crippen molar-refractivity contribution in [2.24, 2.45) is 5.92 Å². The summed E-state index contributed by atoms with van der Waals surface area (Å²) < 4.78 is 11.3. The number of hydrogen-bond donors (Lipinski definition) is 1. The summed E-state index contributed by atoms with van der Waals surface area (Å²) in [6, 6.07) is 6.12. The molecule has 1 aromatic carbocycles. The van der Waals surface area contributed by atoms with Crippen LogP contribution in [0.3, 0.4) is 0 Å². The average molecular weight is 249 g/mol. The minimum absolute atomic E-state index is 0.725. The molecule has 0 unspecified atom stereocenters. The lowest BCUT2D eigenvalue weighted by atomic mass is 10.1. The largest absolute Gasteiger partial charge is 0.493 e. The van der Waals surface area contributed by atoms with Crippen molar-refractivity contribution in [2.75, 3.05) is 20.8 Å². The summed E-state index contributed by atoms with van der Waals surface area (Å²) in [6.45, 7) is 1.67. The summed E-state index contributed by atoms with van der Waals surface area (Å²) in [5, 5.41) is 3.15. The third-order valence-corrected chi connectivity index (χ3v) is 3.56. The van der Waals surface area contributed by atoms with Gasteiger partial charge in [-0.2, -0.15) is 0 Å². The molecule has 0 heterocycles. The molecular weight excluding hydrogens is 226 g/mol. The molecule has 1 aliphatic rings. The maximum Gasteiger partial charge on any atom is 0.161 e. The van der Waals surface area contributed by atoms with Gasteiger partial charge in [0, 0.05) is 6.54 Å². The zero-order valence-corrected chi connectivity index (χ0v) is 11.4. The van der Waals surface area contributed by atoms with Gasteiger partial charge in [0.2, 0.25) is 0 Å². The third-order valence-electron chi connectivity index (χ3n) is 3.56. The molecule has 18 heavy (non-hydrogen) atoms. The maximum absolute atomic E-state index is 5.95. The smallest absolute Gasteiger partial charge is 0.161 e. The third kappa shape index (κ3) is 3.39. The highest BCUT2D eigenvalue weighted by Gasteiger charge is 2.16. The first kappa shape index (κ1) is 13.2. The zero-order valence-electron chi connectivity index (χ0n) is 11.4. The van der Waals surface area contributed by atoms with Crippen molar-refractivity contribution in [3.05, 3.63) is 23.8 Å². The van der Waals surface area contributed by atoms with E-state index in [-0.39, 0.29) is 0 Å². The van der Waals surface area contributed by atoms with Gasteiger partial charge >= 0.3 is 0 Å². The number of methoxy groups -OCH3 is 1. The first-order chi connectivity index (χ1) is 8.83. The Labute approximate surface area is 109 Å². The predicted molar refractivity (Wildman–Crippen MR) is 73.2 cm³/mol. The van der Waals surface area contributed by atoms with Crippen LogP contribution >= 0.6 is 0 Å². The fraction of sp³-hybridized carbons (Fsp3) is 0.600.